The van der Waals surface area contributed by atoms with Crippen LogP contribution in [0.1, 0.15) is 20.7 Å². The number of carbonyl (C=O) groups excluding carboxylic acids is 2. The van der Waals surface area contributed by atoms with E-state index in [2.05, 4.69) is 0 Å². The Labute approximate surface area is 117 Å². The van der Waals surface area contributed by atoms with Gasteiger partial charge in [-0.15, -0.1) is 0 Å². The van der Waals surface area contributed by atoms with Gasteiger partial charge < -0.3 is 0 Å². The highest BCUT2D eigenvalue weighted by molar-refractivity contribution is 14.1. The summed E-state index contributed by atoms with van der Waals surface area (Å²) in [5, 5.41) is 1.68. The maximum absolute atomic E-state index is 12.3. The van der Waals surface area contributed by atoms with Crippen LogP contribution in [0.2, 0.25) is 0 Å². The summed E-state index contributed by atoms with van der Waals surface area (Å²) in [6, 6.07) is 11.0. The standard InChI is InChI=1S/C14H8INO2/c15-7-8-16-13(17)10-5-1-3-9-4-2-6-11(12(9)10)14(16)18/h1-8H/b8-7+. The van der Waals surface area contributed by atoms with Crippen LogP contribution in [0.15, 0.2) is 46.7 Å². The normalized spacial score (nSPS) is 14.8. The molecule has 0 saturated carbocycles. The van der Waals surface area contributed by atoms with E-state index in [-0.39, 0.29) is 11.8 Å². The molecule has 0 bridgehead atoms. The van der Waals surface area contributed by atoms with Gasteiger partial charge in [0.25, 0.3) is 11.8 Å². The van der Waals surface area contributed by atoms with Crippen molar-refractivity contribution in [2.75, 3.05) is 0 Å². The van der Waals surface area contributed by atoms with Gasteiger partial charge in [0, 0.05) is 22.7 Å². The van der Waals surface area contributed by atoms with Gasteiger partial charge in [0.2, 0.25) is 0 Å². The molecular weight excluding hydrogens is 341 g/mol. The van der Waals surface area contributed by atoms with E-state index in [4.69, 9.17) is 0 Å². The molecule has 0 N–H and O–H groups in total. The number of rotatable bonds is 1. The van der Waals surface area contributed by atoms with Gasteiger partial charge in [-0.25, -0.2) is 4.90 Å². The number of hydrogen-bond acceptors (Lipinski definition) is 2. The fourth-order valence-electron chi connectivity index (χ4n) is 2.24. The summed E-state index contributed by atoms with van der Waals surface area (Å²) in [6.07, 6.45) is 1.50. The Kier molecular flexibility index (Phi) is 2.66. The third-order valence-corrected chi connectivity index (χ3v) is 3.33. The lowest BCUT2D eigenvalue weighted by Crippen LogP contribution is -2.36. The first kappa shape index (κ1) is 11.4. The van der Waals surface area contributed by atoms with Crippen molar-refractivity contribution in [1.82, 2.24) is 4.90 Å². The lowest BCUT2D eigenvalue weighted by molar-refractivity contribution is 0.0680. The Morgan fingerprint density at radius 1 is 0.944 bits per heavy atom. The quantitative estimate of drug-likeness (QED) is 0.585. The van der Waals surface area contributed by atoms with Crippen molar-refractivity contribution in [1.29, 1.82) is 0 Å². The Hall–Kier alpha value is -1.69. The highest BCUT2D eigenvalue weighted by Crippen LogP contribution is 2.30. The smallest absolute Gasteiger partial charge is 0.265 e. The molecule has 2 aromatic carbocycles. The molecule has 0 radical (unpaired) electrons. The van der Waals surface area contributed by atoms with Gasteiger partial charge in [-0.3, -0.25) is 9.59 Å². The number of nitrogens with zero attached hydrogens (tertiary/aromatic N) is 1. The van der Waals surface area contributed by atoms with Gasteiger partial charge in [0.1, 0.15) is 0 Å². The highest BCUT2D eigenvalue weighted by atomic mass is 127. The summed E-state index contributed by atoms with van der Waals surface area (Å²) in [4.78, 5) is 25.7. The summed E-state index contributed by atoms with van der Waals surface area (Å²) < 4.78 is 1.65. The van der Waals surface area contributed by atoms with E-state index in [9.17, 15) is 9.59 Å². The molecule has 2 amide bonds. The van der Waals surface area contributed by atoms with Crippen LogP contribution in [0, 0.1) is 0 Å². The van der Waals surface area contributed by atoms with E-state index in [0.717, 1.165) is 15.7 Å². The molecule has 2 aromatic rings. The van der Waals surface area contributed by atoms with Crippen LogP contribution in [-0.4, -0.2) is 16.7 Å². The molecule has 1 aliphatic rings. The van der Waals surface area contributed by atoms with Crippen molar-refractivity contribution in [3.63, 3.8) is 0 Å². The second-order valence-electron chi connectivity index (χ2n) is 3.96. The summed E-state index contributed by atoms with van der Waals surface area (Å²) in [7, 11) is 0. The second-order valence-corrected chi connectivity index (χ2v) is 4.68. The maximum atomic E-state index is 12.3. The average molecular weight is 349 g/mol. The highest BCUT2D eigenvalue weighted by Gasteiger charge is 2.30. The molecule has 0 unspecified atom stereocenters. The Morgan fingerprint density at radius 2 is 1.50 bits per heavy atom. The first-order chi connectivity index (χ1) is 8.74. The minimum Gasteiger partial charge on any atom is -0.268 e. The first-order valence-corrected chi connectivity index (χ1v) is 6.65. The minimum atomic E-state index is -0.266. The predicted octanol–water partition coefficient (Wildman–Crippen LogP) is 3.34. The third-order valence-electron chi connectivity index (χ3n) is 3.01. The molecule has 0 fully saturated rings. The van der Waals surface area contributed by atoms with Crippen molar-refractivity contribution < 1.29 is 9.59 Å². The molecule has 0 atom stereocenters. The molecule has 88 valence electrons. The Balaban J connectivity index is 2.39. The summed E-state index contributed by atoms with van der Waals surface area (Å²) in [5.74, 6) is -0.533. The summed E-state index contributed by atoms with van der Waals surface area (Å²) in [5.41, 5.74) is 1.16. The van der Waals surface area contributed by atoms with Gasteiger partial charge in [-0.1, -0.05) is 46.9 Å². The SMILES string of the molecule is O=C1c2cccc3cccc(c23)C(=O)N1/C=C/I. The maximum Gasteiger partial charge on any atom is 0.265 e. The Bertz CT molecular complexity index is 655. The summed E-state index contributed by atoms with van der Waals surface area (Å²) in [6.45, 7) is 0. The van der Waals surface area contributed by atoms with Gasteiger partial charge >= 0.3 is 0 Å². The zero-order valence-corrected chi connectivity index (χ0v) is 11.4. The van der Waals surface area contributed by atoms with Gasteiger partial charge in [0.05, 0.1) is 0 Å². The van der Waals surface area contributed by atoms with Crippen LogP contribution in [0.4, 0.5) is 0 Å². The second kappa shape index (κ2) is 4.20. The topological polar surface area (TPSA) is 37.4 Å². The van der Waals surface area contributed by atoms with E-state index in [1.807, 2.05) is 46.9 Å². The number of carbonyl (C=O) groups is 2. The van der Waals surface area contributed by atoms with Crippen LogP contribution in [0.3, 0.4) is 0 Å². The lowest BCUT2D eigenvalue weighted by Gasteiger charge is -2.24. The van der Waals surface area contributed by atoms with Crippen molar-refractivity contribution >= 4 is 45.2 Å². The van der Waals surface area contributed by atoms with Crippen LogP contribution < -0.4 is 0 Å². The molecule has 0 aromatic heterocycles. The fraction of sp³-hybridized carbons (Fsp3) is 0. The van der Waals surface area contributed by atoms with Crippen LogP contribution in [0.5, 0.6) is 0 Å². The molecule has 18 heavy (non-hydrogen) atoms. The monoisotopic (exact) mass is 349 g/mol. The lowest BCUT2D eigenvalue weighted by atomic mass is 9.94. The average Bonchev–Trinajstić information content (AvgIpc) is 2.40. The van der Waals surface area contributed by atoms with E-state index in [1.165, 1.54) is 6.20 Å². The van der Waals surface area contributed by atoms with Crippen LogP contribution in [0.25, 0.3) is 10.8 Å². The fourth-order valence-corrected chi connectivity index (χ4v) is 2.56. The molecule has 1 aliphatic heterocycles. The van der Waals surface area contributed by atoms with Crippen molar-refractivity contribution in [2.24, 2.45) is 0 Å². The van der Waals surface area contributed by atoms with Crippen molar-refractivity contribution in [3.8, 4) is 0 Å². The molecule has 3 rings (SSSR count). The van der Waals surface area contributed by atoms with Crippen molar-refractivity contribution in [3.05, 3.63) is 57.8 Å². The van der Waals surface area contributed by atoms with E-state index < -0.39 is 0 Å². The van der Waals surface area contributed by atoms with Crippen LogP contribution >= 0.6 is 22.6 Å². The van der Waals surface area contributed by atoms with E-state index in [0.29, 0.717) is 11.1 Å². The van der Waals surface area contributed by atoms with Gasteiger partial charge in [-0.05, 0) is 21.6 Å². The number of halogens is 1. The van der Waals surface area contributed by atoms with Crippen LogP contribution in [-0.2, 0) is 0 Å². The first-order valence-electron chi connectivity index (χ1n) is 5.40. The predicted molar refractivity (Wildman–Crippen MR) is 77.6 cm³/mol. The third kappa shape index (κ3) is 1.49. The molecular formula is C14H8INO2. The van der Waals surface area contributed by atoms with Gasteiger partial charge in [0.15, 0.2) is 0 Å². The van der Waals surface area contributed by atoms with E-state index >= 15 is 0 Å². The molecule has 0 saturated heterocycles. The number of hydrogen-bond donors (Lipinski definition) is 0. The number of imide groups is 1. The summed E-state index contributed by atoms with van der Waals surface area (Å²) >= 11 is 1.99. The molecule has 3 nitrogen and oxygen atoms in total. The van der Waals surface area contributed by atoms with E-state index in [1.54, 1.807) is 16.2 Å². The van der Waals surface area contributed by atoms with Crippen molar-refractivity contribution in [2.45, 2.75) is 0 Å². The van der Waals surface area contributed by atoms with Gasteiger partial charge in [-0.2, -0.15) is 0 Å². The molecule has 0 spiro atoms. The molecule has 4 heteroatoms. The molecule has 1 heterocycles. The zero-order valence-electron chi connectivity index (χ0n) is 9.26. The molecule has 0 aliphatic carbocycles. The zero-order chi connectivity index (χ0) is 12.7. The minimum absolute atomic E-state index is 0.266. The largest absolute Gasteiger partial charge is 0.268 e. The Morgan fingerprint density at radius 3 is 2.00 bits per heavy atom. The number of benzene rings is 2. The number of amides is 2.